The smallest absolute Gasteiger partial charge is 0.344 e. The van der Waals surface area contributed by atoms with Crippen molar-refractivity contribution in [1.29, 1.82) is 0 Å². The van der Waals surface area contributed by atoms with Crippen molar-refractivity contribution in [2.45, 2.75) is 12.5 Å². The molecule has 1 fully saturated rings. The van der Waals surface area contributed by atoms with Gasteiger partial charge in [0.15, 0.2) is 6.61 Å². The number of carbonyl (C=O) groups is 3. The van der Waals surface area contributed by atoms with E-state index >= 15 is 0 Å². The Morgan fingerprint density at radius 1 is 1.26 bits per heavy atom. The van der Waals surface area contributed by atoms with Crippen LogP contribution in [0.1, 0.15) is 12.5 Å². The largest absolute Gasteiger partial charge is 0.482 e. The van der Waals surface area contributed by atoms with Gasteiger partial charge in [0.1, 0.15) is 17.1 Å². The van der Waals surface area contributed by atoms with Gasteiger partial charge in [0.25, 0.3) is 11.8 Å². The first kappa shape index (κ1) is 18.7. The molecule has 2 N–H and O–H groups in total. The predicted octanol–water partition coefficient (Wildman–Crippen LogP) is 2.36. The minimum Gasteiger partial charge on any atom is -0.482 e. The maximum absolute atomic E-state index is 13.0. The summed E-state index contributed by atoms with van der Waals surface area (Å²) >= 11 is 5.81. The SMILES string of the molecule is C[C@@]1(c2ccccc2)NC(=O)N(NC(=O)COc2ccc(F)cc2Cl)C1=O. The van der Waals surface area contributed by atoms with Crippen molar-refractivity contribution in [1.82, 2.24) is 15.8 Å². The monoisotopic (exact) mass is 391 g/mol. The molecular formula is C18H15ClFN3O4. The summed E-state index contributed by atoms with van der Waals surface area (Å²) in [5, 5.41) is 3.16. The molecule has 9 heteroatoms. The molecule has 27 heavy (non-hydrogen) atoms. The summed E-state index contributed by atoms with van der Waals surface area (Å²) in [5.74, 6) is -1.83. The molecule has 1 atom stereocenters. The Morgan fingerprint density at radius 3 is 2.63 bits per heavy atom. The van der Waals surface area contributed by atoms with Gasteiger partial charge in [-0.25, -0.2) is 9.18 Å². The van der Waals surface area contributed by atoms with Crippen LogP contribution in [0.3, 0.4) is 0 Å². The molecule has 0 aliphatic carbocycles. The molecule has 140 valence electrons. The quantitative estimate of drug-likeness (QED) is 0.766. The van der Waals surface area contributed by atoms with Crippen LogP contribution in [-0.4, -0.2) is 29.5 Å². The maximum Gasteiger partial charge on any atom is 0.344 e. The Morgan fingerprint density at radius 2 is 1.96 bits per heavy atom. The fraction of sp³-hybridized carbons (Fsp3) is 0.167. The second kappa shape index (κ2) is 7.24. The highest BCUT2D eigenvalue weighted by atomic mass is 35.5. The van der Waals surface area contributed by atoms with Gasteiger partial charge in [-0.3, -0.25) is 15.0 Å². The Balaban J connectivity index is 1.66. The number of amides is 4. The third-order valence-electron chi connectivity index (χ3n) is 4.03. The van der Waals surface area contributed by atoms with E-state index in [1.54, 1.807) is 37.3 Å². The molecule has 7 nitrogen and oxygen atoms in total. The minimum absolute atomic E-state index is 0.00514. The van der Waals surface area contributed by atoms with Crippen LogP contribution in [0.15, 0.2) is 48.5 Å². The van der Waals surface area contributed by atoms with Crippen molar-refractivity contribution >= 4 is 29.4 Å². The van der Waals surface area contributed by atoms with Crippen molar-refractivity contribution < 1.29 is 23.5 Å². The number of urea groups is 1. The van der Waals surface area contributed by atoms with Gasteiger partial charge in [-0.1, -0.05) is 41.9 Å². The van der Waals surface area contributed by atoms with Crippen LogP contribution < -0.4 is 15.5 Å². The first-order valence-electron chi connectivity index (χ1n) is 7.91. The normalized spacial score (nSPS) is 19.0. The van der Waals surface area contributed by atoms with Crippen molar-refractivity contribution in [3.63, 3.8) is 0 Å². The zero-order chi connectivity index (χ0) is 19.6. The highest BCUT2D eigenvalue weighted by Crippen LogP contribution is 2.28. The van der Waals surface area contributed by atoms with E-state index < -0.39 is 35.8 Å². The standard InChI is InChI=1S/C18H15ClFN3O4/c1-18(11-5-3-2-4-6-11)16(25)23(17(26)21-18)22-15(24)10-27-14-8-7-12(20)9-13(14)19/h2-9H,10H2,1H3,(H,21,26)(H,22,24)/t18-/m0/s1. The Labute approximate surface area is 159 Å². The van der Waals surface area contributed by atoms with Crippen molar-refractivity contribution in [2.75, 3.05) is 6.61 Å². The summed E-state index contributed by atoms with van der Waals surface area (Å²) in [6.45, 7) is 1.02. The lowest BCUT2D eigenvalue weighted by molar-refractivity contribution is -0.139. The Bertz CT molecular complexity index is 909. The second-order valence-corrected chi connectivity index (χ2v) is 6.37. The summed E-state index contributed by atoms with van der Waals surface area (Å²) in [4.78, 5) is 36.9. The van der Waals surface area contributed by atoms with E-state index in [1.165, 1.54) is 6.07 Å². The van der Waals surface area contributed by atoms with E-state index in [1.807, 2.05) is 0 Å². The average molecular weight is 392 g/mol. The highest BCUT2D eigenvalue weighted by molar-refractivity contribution is 6.32. The zero-order valence-electron chi connectivity index (χ0n) is 14.2. The second-order valence-electron chi connectivity index (χ2n) is 5.96. The number of ether oxygens (including phenoxy) is 1. The van der Waals surface area contributed by atoms with Crippen LogP contribution in [-0.2, 0) is 15.1 Å². The molecule has 0 radical (unpaired) electrons. The number of hydrogen-bond donors (Lipinski definition) is 2. The molecular weight excluding hydrogens is 377 g/mol. The molecule has 0 saturated carbocycles. The van der Waals surface area contributed by atoms with E-state index in [-0.39, 0.29) is 10.8 Å². The lowest BCUT2D eigenvalue weighted by atomic mass is 9.92. The molecule has 1 saturated heterocycles. The van der Waals surface area contributed by atoms with Gasteiger partial charge < -0.3 is 10.1 Å². The highest BCUT2D eigenvalue weighted by Gasteiger charge is 2.49. The summed E-state index contributed by atoms with van der Waals surface area (Å²) in [6, 6.07) is 11.3. The molecule has 1 heterocycles. The molecule has 1 aliphatic heterocycles. The summed E-state index contributed by atoms with van der Waals surface area (Å²) in [6.07, 6.45) is 0. The van der Waals surface area contributed by atoms with Gasteiger partial charge in [-0.2, -0.15) is 5.01 Å². The molecule has 2 aromatic carbocycles. The topological polar surface area (TPSA) is 87.7 Å². The third-order valence-corrected chi connectivity index (χ3v) is 4.33. The van der Waals surface area contributed by atoms with E-state index in [4.69, 9.17) is 16.3 Å². The third kappa shape index (κ3) is 3.70. The van der Waals surface area contributed by atoms with E-state index in [0.717, 1.165) is 12.1 Å². The molecule has 0 unspecified atom stereocenters. The molecule has 0 bridgehead atoms. The molecule has 2 aromatic rings. The van der Waals surface area contributed by atoms with Gasteiger partial charge >= 0.3 is 6.03 Å². The minimum atomic E-state index is -1.30. The van der Waals surface area contributed by atoms with Crippen LogP contribution in [0.25, 0.3) is 0 Å². The number of nitrogens with zero attached hydrogens (tertiary/aromatic N) is 1. The van der Waals surface area contributed by atoms with Gasteiger partial charge in [-0.15, -0.1) is 0 Å². The first-order valence-corrected chi connectivity index (χ1v) is 8.28. The van der Waals surface area contributed by atoms with Crippen LogP contribution in [0, 0.1) is 5.82 Å². The van der Waals surface area contributed by atoms with E-state index in [0.29, 0.717) is 10.6 Å². The number of hydrazine groups is 1. The number of benzene rings is 2. The average Bonchev–Trinajstić information content (AvgIpc) is 2.86. The Hall–Kier alpha value is -3.13. The zero-order valence-corrected chi connectivity index (χ0v) is 14.9. The van der Waals surface area contributed by atoms with Crippen molar-refractivity contribution in [3.05, 3.63) is 64.9 Å². The van der Waals surface area contributed by atoms with Gasteiger partial charge in [-0.05, 0) is 30.7 Å². The van der Waals surface area contributed by atoms with Gasteiger partial charge in [0.05, 0.1) is 5.02 Å². The first-order chi connectivity index (χ1) is 12.8. The van der Waals surface area contributed by atoms with Crippen LogP contribution in [0.2, 0.25) is 5.02 Å². The molecule has 1 aliphatic rings. The van der Waals surface area contributed by atoms with Gasteiger partial charge in [0, 0.05) is 0 Å². The number of rotatable bonds is 5. The van der Waals surface area contributed by atoms with Crippen LogP contribution >= 0.6 is 11.6 Å². The van der Waals surface area contributed by atoms with E-state index in [2.05, 4.69) is 10.7 Å². The Kier molecular flexibility index (Phi) is 5.00. The molecule has 0 spiro atoms. The number of halogens is 2. The number of hydrogen-bond acceptors (Lipinski definition) is 4. The lowest BCUT2D eigenvalue weighted by Gasteiger charge is -2.22. The summed E-state index contributed by atoms with van der Waals surface area (Å²) < 4.78 is 18.2. The number of imide groups is 1. The predicted molar refractivity (Wildman–Crippen MR) is 94.2 cm³/mol. The molecule has 4 amide bonds. The fourth-order valence-corrected chi connectivity index (χ4v) is 2.82. The van der Waals surface area contributed by atoms with Gasteiger partial charge in [0.2, 0.25) is 0 Å². The summed E-state index contributed by atoms with van der Waals surface area (Å²) in [7, 11) is 0. The number of nitrogens with one attached hydrogen (secondary N) is 2. The lowest BCUT2D eigenvalue weighted by Crippen LogP contribution is -2.49. The molecule has 0 aromatic heterocycles. The fourth-order valence-electron chi connectivity index (χ4n) is 2.60. The van der Waals surface area contributed by atoms with Crippen molar-refractivity contribution in [3.8, 4) is 5.75 Å². The number of carbonyl (C=O) groups excluding carboxylic acids is 3. The van der Waals surface area contributed by atoms with Crippen LogP contribution in [0.4, 0.5) is 9.18 Å². The van der Waals surface area contributed by atoms with Crippen LogP contribution in [0.5, 0.6) is 5.75 Å². The maximum atomic E-state index is 13.0. The van der Waals surface area contributed by atoms with E-state index in [9.17, 15) is 18.8 Å². The summed E-state index contributed by atoms with van der Waals surface area (Å²) in [5.41, 5.74) is 1.47. The van der Waals surface area contributed by atoms with Crippen molar-refractivity contribution in [2.24, 2.45) is 0 Å². The molecule has 3 rings (SSSR count).